The summed E-state index contributed by atoms with van der Waals surface area (Å²) in [7, 11) is -3.42. The van der Waals surface area contributed by atoms with Crippen LogP contribution >= 0.6 is 0 Å². The van der Waals surface area contributed by atoms with Gasteiger partial charge in [0.05, 0.1) is 5.75 Å². The zero-order valence-corrected chi connectivity index (χ0v) is 17.0. The Bertz CT molecular complexity index is 1110. The van der Waals surface area contributed by atoms with Crippen LogP contribution in [0.2, 0.25) is 0 Å². The van der Waals surface area contributed by atoms with Crippen molar-refractivity contribution in [3.05, 3.63) is 88.4 Å². The average molecular weight is 397 g/mol. The van der Waals surface area contributed by atoms with E-state index in [1.807, 2.05) is 57.2 Å². The van der Waals surface area contributed by atoms with E-state index >= 15 is 0 Å². The van der Waals surface area contributed by atoms with E-state index in [0.29, 0.717) is 5.69 Å². The molecule has 0 fully saturated rings. The minimum absolute atomic E-state index is 0.0651. The van der Waals surface area contributed by atoms with Gasteiger partial charge in [0.15, 0.2) is 15.6 Å². The van der Waals surface area contributed by atoms with Crippen LogP contribution in [-0.2, 0) is 21.3 Å². The fourth-order valence-electron chi connectivity index (χ4n) is 2.91. The van der Waals surface area contributed by atoms with Gasteiger partial charge in [0.2, 0.25) is 0 Å². The molecule has 146 valence electrons. The highest BCUT2D eigenvalue weighted by molar-refractivity contribution is 7.89. The third kappa shape index (κ3) is 4.89. The first-order valence-corrected chi connectivity index (χ1v) is 10.8. The van der Waals surface area contributed by atoms with E-state index in [1.54, 1.807) is 6.07 Å². The summed E-state index contributed by atoms with van der Waals surface area (Å²) in [5.41, 5.74) is 4.37. The van der Waals surface area contributed by atoms with Crippen LogP contribution in [0, 0.1) is 20.8 Å². The lowest BCUT2D eigenvalue weighted by atomic mass is 10.1. The second-order valence-corrected chi connectivity index (χ2v) is 9.06. The number of sulfone groups is 1. The van der Waals surface area contributed by atoms with Crippen LogP contribution in [0.1, 0.15) is 38.6 Å². The van der Waals surface area contributed by atoms with E-state index in [-0.39, 0.29) is 23.0 Å². The number of amides is 1. The maximum atomic E-state index is 12.5. The molecule has 0 spiro atoms. The summed E-state index contributed by atoms with van der Waals surface area (Å²) < 4.78 is 30.5. The molecule has 0 saturated carbocycles. The second kappa shape index (κ2) is 8.02. The predicted molar refractivity (Wildman–Crippen MR) is 110 cm³/mol. The number of anilines is 1. The highest BCUT2D eigenvalue weighted by Gasteiger charge is 2.19. The first kappa shape index (κ1) is 19.9. The fourth-order valence-corrected chi connectivity index (χ4v) is 4.40. The van der Waals surface area contributed by atoms with E-state index in [1.165, 1.54) is 12.1 Å². The van der Waals surface area contributed by atoms with Gasteiger partial charge in [0, 0.05) is 5.69 Å². The SMILES string of the molecule is Cc1ccc(C)c(NC(=O)c2ccc(CS(=O)(=O)Cc3ccccc3C)o2)c1. The van der Waals surface area contributed by atoms with Gasteiger partial charge in [0.25, 0.3) is 5.91 Å². The Labute approximate surface area is 165 Å². The lowest BCUT2D eigenvalue weighted by molar-refractivity contribution is 0.0995. The molecule has 6 heteroatoms. The summed E-state index contributed by atoms with van der Waals surface area (Å²) in [6.07, 6.45) is 0. The third-order valence-corrected chi connectivity index (χ3v) is 6.00. The number of benzene rings is 2. The normalized spacial score (nSPS) is 11.4. The number of hydrogen-bond acceptors (Lipinski definition) is 4. The fraction of sp³-hybridized carbons (Fsp3) is 0.227. The molecule has 0 atom stereocenters. The summed E-state index contributed by atoms with van der Waals surface area (Å²) in [5, 5.41) is 2.81. The topological polar surface area (TPSA) is 76.4 Å². The maximum Gasteiger partial charge on any atom is 0.291 e. The van der Waals surface area contributed by atoms with Gasteiger partial charge in [-0.25, -0.2) is 8.42 Å². The molecule has 2 aromatic carbocycles. The smallest absolute Gasteiger partial charge is 0.291 e. The Kier molecular flexibility index (Phi) is 5.70. The number of carbonyl (C=O) groups is 1. The van der Waals surface area contributed by atoms with Crippen molar-refractivity contribution in [1.82, 2.24) is 0 Å². The van der Waals surface area contributed by atoms with E-state index in [0.717, 1.165) is 22.3 Å². The molecule has 0 aliphatic rings. The van der Waals surface area contributed by atoms with Gasteiger partial charge in [-0.2, -0.15) is 0 Å². The van der Waals surface area contributed by atoms with Crippen molar-refractivity contribution < 1.29 is 17.6 Å². The summed E-state index contributed by atoms with van der Waals surface area (Å²) >= 11 is 0. The number of aryl methyl sites for hydroxylation is 3. The quantitative estimate of drug-likeness (QED) is 0.661. The van der Waals surface area contributed by atoms with E-state index in [9.17, 15) is 13.2 Å². The Morgan fingerprint density at radius 3 is 2.43 bits per heavy atom. The number of hydrogen-bond donors (Lipinski definition) is 1. The Balaban J connectivity index is 1.70. The van der Waals surface area contributed by atoms with Crippen LogP contribution in [0.4, 0.5) is 5.69 Å². The molecule has 0 aliphatic heterocycles. The number of rotatable bonds is 6. The number of carbonyl (C=O) groups excluding carboxylic acids is 1. The van der Waals surface area contributed by atoms with E-state index in [4.69, 9.17) is 4.42 Å². The zero-order chi connectivity index (χ0) is 20.3. The molecule has 0 saturated heterocycles. The van der Waals surface area contributed by atoms with Crippen molar-refractivity contribution in [2.24, 2.45) is 0 Å². The highest BCUT2D eigenvalue weighted by atomic mass is 32.2. The van der Waals surface area contributed by atoms with Gasteiger partial charge in [-0.1, -0.05) is 36.4 Å². The molecular weight excluding hydrogens is 374 g/mol. The van der Waals surface area contributed by atoms with E-state index in [2.05, 4.69) is 5.32 Å². The van der Waals surface area contributed by atoms with Crippen LogP contribution in [0.15, 0.2) is 59.0 Å². The van der Waals surface area contributed by atoms with Gasteiger partial charge in [0.1, 0.15) is 11.5 Å². The Morgan fingerprint density at radius 1 is 0.929 bits per heavy atom. The molecule has 0 bridgehead atoms. The molecule has 1 aromatic heterocycles. The molecule has 1 amide bonds. The molecule has 3 aromatic rings. The van der Waals surface area contributed by atoms with Crippen LogP contribution in [0.3, 0.4) is 0 Å². The van der Waals surface area contributed by atoms with Gasteiger partial charge < -0.3 is 9.73 Å². The molecule has 3 rings (SSSR count). The van der Waals surface area contributed by atoms with Crippen molar-refractivity contribution in [2.45, 2.75) is 32.3 Å². The summed E-state index contributed by atoms with van der Waals surface area (Å²) in [5.74, 6) is -0.388. The lowest BCUT2D eigenvalue weighted by Gasteiger charge is -2.08. The van der Waals surface area contributed by atoms with Crippen LogP contribution in [0.25, 0.3) is 0 Å². The minimum atomic E-state index is -3.42. The number of furan rings is 1. The average Bonchev–Trinajstić information content (AvgIpc) is 3.08. The largest absolute Gasteiger partial charge is 0.455 e. The Morgan fingerprint density at radius 2 is 1.68 bits per heavy atom. The molecular formula is C22H23NO4S. The first-order chi connectivity index (χ1) is 13.2. The zero-order valence-electron chi connectivity index (χ0n) is 16.2. The summed E-state index contributed by atoms with van der Waals surface area (Å²) in [6.45, 7) is 5.73. The molecule has 0 aliphatic carbocycles. The Hall–Kier alpha value is -2.86. The lowest BCUT2D eigenvalue weighted by Crippen LogP contribution is -2.12. The van der Waals surface area contributed by atoms with Crippen molar-refractivity contribution in [3.63, 3.8) is 0 Å². The summed E-state index contributed by atoms with van der Waals surface area (Å²) in [6, 6.07) is 16.2. The maximum absolute atomic E-state index is 12.5. The standard InChI is InChI=1S/C22H23NO4S/c1-15-8-9-17(3)20(12-15)23-22(24)21-11-10-19(27-21)14-28(25,26)13-18-7-5-4-6-16(18)2/h4-12H,13-14H2,1-3H3,(H,23,24). The summed E-state index contributed by atoms with van der Waals surface area (Å²) in [4.78, 5) is 12.4. The molecule has 5 nitrogen and oxygen atoms in total. The number of nitrogens with one attached hydrogen (secondary N) is 1. The highest BCUT2D eigenvalue weighted by Crippen LogP contribution is 2.20. The van der Waals surface area contributed by atoms with Crippen LogP contribution in [-0.4, -0.2) is 14.3 Å². The molecule has 1 heterocycles. The monoisotopic (exact) mass is 397 g/mol. The van der Waals surface area contributed by atoms with Crippen LogP contribution < -0.4 is 5.32 Å². The minimum Gasteiger partial charge on any atom is -0.455 e. The van der Waals surface area contributed by atoms with Crippen molar-refractivity contribution in [1.29, 1.82) is 0 Å². The van der Waals surface area contributed by atoms with Crippen molar-refractivity contribution in [2.75, 3.05) is 5.32 Å². The van der Waals surface area contributed by atoms with Crippen molar-refractivity contribution >= 4 is 21.4 Å². The predicted octanol–water partition coefficient (Wildman–Crippen LogP) is 4.57. The van der Waals surface area contributed by atoms with Crippen LogP contribution in [0.5, 0.6) is 0 Å². The van der Waals surface area contributed by atoms with Gasteiger partial charge in [-0.3, -0.25) is 4.79 Å². The molecule has 0 radical (unpaired) electrons. The second-order valence-electron chi connectivity index (χ2n) is 7.00. The third-order valence-electron chi connectivity index (χ3n) is 4.53. The van der Waals surface area contributed by atoms with Crippen molar-refractivity contribution in [3.8, 4) is 0 Å². The van der Waals surface area contributed by atoms with E-state index < -0.39 is 15.7 Å². The van der Waals surface area contributed by atoms with Gasteiger partial charge >= 0.3 is 0 Å². The molecule has 1 N–H and O–H groups in total. The molecule has 0 unspecified atom stereocenters. The first-order valence-electron chi connectivity index (χ1n) is 8.96. The van der Waals surface area contributed by atoms with Gasteiger partial charge in [-0.05, 0) is 61.2 Å². The molecule has 28 heavy (non-hydrogen) atoms. The van der Waals surface area contributed by atoms with Gasteiger partial charge in [-0.15, -0.1) is 0 Å².